The van der Waals surface area contributed by atoms with Gasteiger partial charge in [0.1, 0.15) is 0 Å². The van der Waals surface area contributed by atoms with Gasteiger partial charge >= 0.3 is 0 Å². The van der Waals surface area contributed by atoms with E-state index in [-0.39, 0.29) is 23.9 Å². The van der Waals surface area contributed by atoms with Gasteiger partial charge in [-0.15, -0.1) is 0 Å². The molecular weight excluding hydrogens is 326 g/mol. The van der Waals surface area contributed by atoms with Crippen molar-refractivity contribution in [2.24, 2.45) is 0 Å². The number of amides is 2. The molecule has 2 rings (SSSR count). The highest BCUT2D eigenvalue weighted by Crippen LogP contribution is 2.14. The summed E-state index contributed by atoms with van der Waals surface area (Å²) in [7, 11) is 0. The standard InChI is InChI=1S/C21H27N3O2/c1-5-24(18-9-7-6-8-10-18)19(25)15-22-17-13-11-16(12-14-17)20(26)23-21(2,3)4/h6-14,22H,5,15H2,1-4H3,(H,23,26). The molecule has 0 aromatic heterocycles. The van der Waals surface area contributed by atoms with Crippen molar-refractivity contribution in [3.63, 3.8) is 0 Å². The summed E-state index contributed by atoms with van der Waals surface area (Å²) in [4.78, 5) is 26.3. The molecule has 0 fully saturated rings. The fourth-order valence-corrected chi connectivity index (χ4v) is 2.54. The molecule has 26 heavy (non-hydrogen) atoms. The lowest BCUT2D eigenvalue weighted by atomic mass is 10.1. The maximum atomic E-state index is 12.5. The highest BCUT2D eigenvalue weighted by atomic mass is 16.2. The molecule has 0 spiro atoms. The quantitative estimate of drug-likeness (QED) is 0.833. The number of hydrogen-bond donors (Lipinski definition) is 2. The van der Waals surface area contributed by atoms with Crippen LogP contribution in [-0.2, 0) is 4.79 Å². The monoisotopic (exact) mass is 353 g/mol. The van der Waals surface area contributed by atoms with Gasteiger partial charge in [-0.2, -0.15) is 0 Å². The van der Waals surface area contributed by atoms with E-state index in [4.69, 9.17) is 0 Å². The number of benzene rings is 2. The first-order valence-electron chi connectivity index (χ1n) is 8.82. The van der Waals surface area contributed by atoms with Crippen molar-refractivity contribution in [2.45, 2.75) is 33.2 Å². The van der Waals surface area contributed by atoms with Crippen LogP contribution in [0.5, 0.6) is 0 Å². The Labute approximate surface area is 155 Å². The van der Waals surface area contributed by atoms with E-state index < -0.39 is 0 Å². The van der Waals surface area contributed by atoms with E-state index in [1.54, 1.807) is 17.0 Å². The van der Waals surface area contributed by atoms with E-state index in [0.29, 0.717) is 12.1 Å². The fourth-order valence-electron chi connectivity index (χ4n) is 2.54. The highest BCUT2D eigenvalue weighted by Gasteiger charge is 2.16. The van der Waals surface area contributed by atoms with E-state index in [1.807, 2.05) is 70.2 Å². The van der Waals surface area contributed by atoms with Crippen LogP contribution < -0.4 is 15.5 Å². The third-order valence-electron chi connectivity index (χ3n) is 3.76. The Kier molecular flexibility index (Phi) is 6.39. The summed E-state index contributed by atoms with van der Waals surface area (Å²) in [5.41, 5.74) is 2.00. The van der Waals surface area contributed by atoms with E-state index in [9.17, 15) is 9.59 Å². The smallest absolute Gasteiger partial charge is 0.251 e. The fraction of sp³-hybridized carbons (Fsp3) is 0.333. The van der Waals surface area contributed by atoms with Gasteiger partial charge in [-0.25, -0.2) is 0 Å². The first-order chi connectivity index (χ1) is 12.3. The van der Waals surface area contributed by atoms with Gasteiger partial charge in [0.2, 0.25) is 5.91 Å². The number of nitrogens with one attached hydrogen (secondary N) is 2. The summed E-state index contributed by atoms with van der Waals surface area (Å²) >= 11 is 0. The maximum Gasteiger partial charge on any atom is 0.251 e. The molecular formula is C21H27N3O2. The van der Waals surface area contributed by atoms with Gasteiger partial charge in [0.25, 0.3) is 5.91 Å². The molecule has 0 bridgehead atoms. The molecule has 0 aliphatic carbocycles. The molecule has 0 saturated carbocycles. The number of hydrogen-bond acceptors (Lipinski definition) is 3. The normalized spacial score (nSPS) is 10.9. The van der Waals surface area contributed by atoms with Gasteiger partial charge in [0, 0.05) is 29.0 Å². The average Bonchev–Trinajstić information content (AvgIpc) is 2.60. The third-order valence-corrected chi connectivity index (χ3v) is 3.76. The van der Waals surface area contributed by atoms with Crippen LogP contribution in [0.2, 0.25) is 0 Å². The number of carbonyl (C=O) groups excluding carboxylic acids is 2. The molecule has 138 valence electrons. The third kappa shape index (κ3) is 5.62. The summed E-state index contributed by atoms with van der Waals surface area (Å²) in [5.74, 6) is -0.116. The minimum absolute atomic E-state index is 0.00625. The SMILES string of the molecule is CCN(C(=O)CNc1ccc(C(=O)NC(C)(C)C)cc1)c1ccccc1. The maximum absolute atomic E-state index is 12.5. The van der Waals surface area contributed by atoms with Crippen molar-refractivity contribution in [1.82, 2.24) is 5.32 Å². The predicted octanol–water partition coefficient (Wildman–Crippen LogP) is 3.68. The van der Waals surface area contributed by atoms with Crippen molar-refractivity contribution in [3.8, 4) is 0 Å². The van der Waals surface area contributed by atoms with Gasteiger partial charge in [0.15, 0.2) is 0 Å². The van der Waals surface area contributed by atoms with Gasteiger partial charge in [-0.1, -0.05) is 18.2 Å². The molecule has 5 nitrogen and oxygen atoms in total. The Balaban J connectivity index is 1.95. The molecule has 5 heteroatoms. The lowest BCUT2D eigenvalue weighted by Crippen LogP contribution is -2.40. The summed E-state index contributed by atoms with van der Waals surface area (Å²) in [6.07, 6.45) is 0. The molecule has 0 radical (unpaired) electrons. The Morgan fingerprint density at radius 1 is 0.962 bits per heavy atom. The predicted molar refractivity (Wildman–Crippen MR) is 107 cm³/mol. The van der Waals surface area contributed by atoms with E-state index in [1.165, 1.54) is 0 Å². The highest BCUT2D eigenvalue weighted by molar-refractivity contribution is 5.96. The number of nitrogens with zero attached hydrogens (tertiary/aromatic N) is 1. The Bertz CT molecular complexity index is 734. The summed E-state index contributed by atoms with van der Waals surface area (Å²) < 4.78 is 0. The lowest BCUT2D eigenvalue weighted by molar-refractivity contribution is -0.116. The van der Waals surface area contributed by atoms with E-state index in [2.05, 4.69) is 10.6 Å². The summed E-state index contributed by atoms with van der Waals surface area (Å²) in [6.45, 7) is 8.58. The second-order valence-electron chi connectivity index (χ2n) is 7.11. The molecule has 2 N–H and O–H groups in total. The molecule has 0 aliphatic rings. The minimum atomic E-state index is -0.276. The van der Waals surface area contributed by atoms with Crippen LogP contribution in [0.15, 0.2) is 54.6 Å². The van der Waals surface area contributed by atoms with Crippen LogP contribution in [-0.4, -0.2) is 30.4 Å². The van der Waals surface area contributed by atoms with Crippen molar-refractivity contribution >= 4 is 23.2 Å². The zero-order valence-corrected chi connectivity index (χ0v) is 15.9. The van der Waals surface area contributed by atoms with Crippen LogP contribution in [0.4, 0.5) is 11.4 Å². The Morgan fingerprint density at radius 3 is 2.12 bits per heavy atom. The zero-order valence-electron chi connectivity index (χ0n) is 15.9. The number of carbonyl (C=O) groups is 2. The first-order valence-corrected chi connectivity index (χ1v) is 8.82. The van der Waals surface area contributed by atoms with Gasteiger partial charge in [0.05, 0.1) is 6.54 Å². The van der Waals surface area contributed by atoms with Crippen LogP contribution >= 0.6 is 0 Å². The van der Waals surface area contributed by atoms with Crippen LogP contribution in [0.3, 0.4) is 0 Å². The van der Waals surface area contributed by atoms with Crippen LogP contribution in [0.1, 0.15) is 38.1 Å². The second-order valence-corrected chi connectivity index (χ2v) is 7.11. The van der Waals surface area contributed by atoms with Crippen LogP contribution in [0.25, 0.3) is 0 Å². The molecule has 0 unspecified atom stereocenters. The largest absolute Gasteiger partial charge is 0.376 e. The molecule has 2 aromatic carbocycles. The Hall–Kier alpha value is -2.82. The van der Waals surface area contributed by atoms with Crippen molar-refractivity contribution in [1.29, 1.82) is 0 Å². The van der Waals surface area contributed by atoms with E-state index >= 15 is 0 Å². The van der Waals surface area contributed by atoms with Crippen LogP contribution in [0, 0.1) is 0 Å². The summed E-state index contributed by atoms with van der Waals surface area (Å²) in [6, 6.07) is 16.7. The molecule has 2 amide bonds. The average molecular weight is 353 g/mol. The molecule has 0 saturated heterocycles. The minimum Gasteiger partial charge on any atom is -0.376 e. The molecule has 0 aliphatic heterocycles. The number of anilines is 2. The topological polar surface area (TPSA) is 61.4 Å². The molecule has 0 atom stereocenters. The number of rotatable bonds is 6. The van der Waals surface area contributed by atoms with Crippen molar-refractivity contribution in [2.75, 3.05) is 23.3 Å². The zero-order chi connectivity index (χ0) is 19.2. The van der Waals surface area contributed by atoms with Crippen molar-refractivity contribution in [3.05, 3.63) is 60.2 Å². The first kappa shape index (κ1) is 19.5. The second kappa shape index (κ2) is 8.52. The van der Waals surface area contributed by atoms with Gasteiger partial charge < -0.3 is 15.5 Å². The summed E-state index contributed by atoms with van der Waals surface area (Å²) in [5, 5.41) is 6.05. The lowest BCUT2D eigenvalue weighted by Gasteiger charge is -2.22. The Morgan fingerprint density at radius 2 is 1.58 bits per heavy atom. The number of para-hydroxylation sites is 1. The molecule has 2 aromatic rings. The number of likely N-dealkylation sites (N-methyl/N-ethyl adjacent to an activating group) is 1. The van der Waals surface area contributed by atoms with Gasteiger partial charge in [-0.05, 0) is 64.1 Å². The van der Waals surface area contributed by atoms with Gasteiger partial charge in [-0.3, -0.25) is 9.59 Å². The van der Waals surface area contributed by atoms with E-state index in [0.717, 1.165) is 11.4 Å². The molecule has 0 heterocycles. The van der Waals surface area contributed by atoms with Crippen molar-refractivity contribution < 1.29 is 9.59 Å².